The van der Waals surface area contributed by atoms with Crippen LogP contribution in [0, 0.1) is 13.8 Å². The van der Waals surface area contributed by atoms with E-state index in [4.69, 9.17) is 13.7 Å². The Morgan fingerprint density at radius 1 is 1.26 bits per heavy atom. The molecule has 1 amide bonds. The van der Waals surface area contributed by atoms with E-state index in [-0.39, 0.29) is 36.1 Å². The summed E-state index contributed by atoms with van der Waals surface area (Å²) in [6.45, 7) is 3.53. The molecule has 164 valence electrons. The van der Waals surface area contributed by atoms with E-state index < -0.39 is 17.1 Å². The molecule has 3 aromatic rings. The topological polar surface area (TPSA) is 148 Å². The van der Waals surface area contributed by atoms with Crippen molar-refractivity contribution in [1.29, 1.82) is 0 Å². The summed E-state index contributed by atoms with van der Waals surface area (Å²) in [4.78, 5) is 28.8. The quantitative estimate of drug-likeness (QED) is 0.488. The number of benzene rings is 1. The van der Waals surface area contributed by atoms with Crippen LogP contribution in [-0.2, 0) is 11.2 Å². The van der Waals surface area contributed by atoms with Crippen LogP contribution < -0.4 is 15.5 Å². The smallest absolute Gasteiger partial charge is 0.228 e. The number of amides is 1. The normalized spacial score (nSPS) is 11.8. The first-order valence-electron chi connectivity index (χ1n) is 9.55. The lowest BCUT2D eigenvalue weighted by atomic mass is 9.91. The van der Waals surface area contributed by atoms with Crippen molar-refractivity contribution in [3.63, 3.8) is 0 Å². The summed E-state index contributed by atoms with van der Waals surface area (Å²) in [5.74, 6) is -0.460. The van der Waals surface area contributed by atoms with Crippen molar-refractivity contribution < 1.29 is 28.7 Å². The van der Waals surface area contributed by atoms with Gasteiger partial charge in [0.25, 0.3) is 0 Å². The van der Waals surface area contributed by atoms with Crippen LogP contribution in [0.2, 0.25) is 0 Å². The number of rotatable bonds is 8. The number of aromatic hydroxyl groups is 2. The number of hydrogen-bond acceptors (Lipinski definition) is 9. The average Bonchev–Trinajstić information content (AvgIpc) is 3.14. The molecule has 0 radical (unpaired) electrons. The molecule has 0 saturated heterocycles. The number of carbonyl (C=O) groups is 1. The summed E-state index contributed by atoms with van der Waals surface area (Å²) < 4.78 is 15.8. The molecule has 10 heteroatoms. The SMILES string of the molecule is COc1cc([C@H](CC(=O)NCCc2nc(C)no2)c2oc(C)cc(=O)c2O)ccc1O. The fourth-order valence-electron chi connectivity index (χ4n) is 3.14. The fourth-order valence-corrected chi connectivity index (χ4v) is 3.14. The Bertz CT molecular complexity index is 1140. The van der Waals surface area contributed by atoms with Gasteiger partial charge < -0.3 is 29.2 Å². The highest BCUT2D eigenvalue weighted by atomic mass is 16.5. The maximum atomic E-state index is 12.6. The summed E-state index contributed by atoms with van der Waals surface area (Å²) in [6.07, 6.45) is 0.228. The third-order valence-electron chi connectivity index (χ3n) is 4.61. The van der Waals surface area contributed by atoms with Gasteiger partial charge in [0, 0.05) is 25.5 Å². The monoisotopic (exact) mass is 429 g/mol. The predicted molar refractivity (Wildman–Crippen MR) is 108 cm³/mol. The first-order chi connectivity index (χ1) is 14.8. The molecule has 0 aliphatic carbocycles. The van der Waals surface area contributed by atoms with Crippen LogP contribution in [0.1, 0.15) is 41.1 Å². The van der Waals surface area contributed by atoms with Gasteiger partial charge in [0.05, 0.1) is 13.0 Å². The van der Waals surface area contributed by atoms with Gasteiger partial charge in [-0.15, -0.1) is 0 Å². The highest BCUT2D eigenvalue weighted by molar-refractivity contribution is 5.77. The van der Waals surface area contributed by atoms with Crippen LogP contribution >= 0.6 is 0 Å². The minimum atomic E-state index is -0.798. The minimum absolute atomic E-state index is 0.0413. The number of phenols is 1. The van der Waals surface area contributed by atoms with Gasteiger partial charge in [-0.05, 0) is 31.5 Å². The first-order valence-corrected chi connectivity index (χ1v) is 9.55. The number of carbonyl (C=O) groups excluding carboxylic acids is 1. The highest BCUT2D eigenvalue weighted by Crippen LogP contribution is 2.37. The molecule has 1 atom stereocenters. The van der Waals surface area contributed by atoms with Gasteiger partial charge in [0.2, 0.25) is 23.0 Å². The fraction of sp³-hybridized carbons (Fsp3) is 0.333. The van der Waals surface area contributed by atoms with Gasteiger partial charge in [-0.2, -0.15) is 4.98 Å². The second-order valence-electron chi connectivity index (χ2n) is 6.96. The zero-order chi connectivity index (χ0) is 22.5. The molecule has 0 unspecified atom stereocenters. The molecule has 0 spiro atoms. The number of nitrogens with zero attached hydrogens (tertiary/aromatic N) is 2. The minimum Gasteiger partial charge on any atom is -0.504 e. The van der Waals surface area contributed by atoms with Crippen molar-refractivity contribution in [3.05, 3.63) is 63.3 Å². The van der Waals surface area contributed by atoms with E-state index in [0.717, 1.165) is 0 Å². The van der Waals surface area contributed by atoms with Crippen molar-refractivity contribution in [3.8, 4) is 17.2 Å². The molecule has 2 aromatic heterocycles. The molecule has 10 nitrogen and oxygen atoms in total. The van der Waals surface area contributed by atoms with E-state index in [2.05, 4.69) is 15.5 Å². The summed E-state index contributed by atoms with van der Waals surface area (Å²) in [6, 6.07) is 5.66. The van der Waals surface area contributed by atoms with Crippen molar-refractivity contribution in [2.75, 3.05) is 13.7 Å². The second-order valence-corrected chi connectivity index (χ2v) is 6.96. The Balaban J connectivity index is 1.85. The molecule has 0 aliphatic rings. The summed E-state index contributed by atoms with van der Waals surface area (Å²) in [7, 11) is 1.39. The Labute approximate surface area is 177 Å². The lowest BCUT2D eigenvalue weighted by Gasteiger charge is -2.18. The standard InChI is InChI=1S/C21H23N3O7/c1-11-8-16(26)20(28)21(30-11)14(13-4-5-15(25)17(9-13)29-3)10-18(27)22-7-6-19-23-12(2)24-31-19/h4-5,8-9,14,25,28H,6-7,10H2,1-3H3,(H,22,27)/t14-/m0/s1. The molecule has 3 rings (SSSR count). The third kappa shape index (κ3) is 5.21. The van der Waals surface area contributed by atoms with Gasteiger partial charge in [-0.1, -0.05) is 11.2 Å². The van der Waals surface area contributed by atoms with Crippen LogP contribution in [0.5, 0.6) is 17.2 Å². The summed E-state index contributed by atoms with van der Waals surface area (Å²) in [5.41, 5.74) is -0.0944. The summed E-state index contributed by atoms with van der Waals surface area (Å²) in [5, 5.41) is 26.7. The van der Waals surface area contributed by atoms with Gasteiger partial charge in [0.15, 0.2) is 23.1 Å². The van der Waals surface area contributed by atoms with Gasteiger partial charge in [-0.3, -0.25) is 9.59 Å². The van der Waals surface area contributed by atoms with Crippen LogP contribution in [0.4, 0.5) is 0 Å². The maximum absolute atomic E-state index is 12.6. The second kappa shape index (κ2) is 9.33. The molecule has 0 fully saturated rings. The van der Waals surface area contributed by atoms with Crippen molar-refractivity contribution in [2.45, 2.75) is 32.6 Å². The van der Waals surface area contributed by atoms with Crippen LogP contribution in [0.15, 0.2) is 38.0 Å². The summed E-state index contributed by atoms with van der Waals surface area (Å²) >= 11 is 0. The molecule has 2 heterocycles. The molecular weight excluding hydrogens is 406 g/mol. The molecule has 3 N–H and O–H groups in total. The number of phenolic OH excluding ortho intramolecular Hbond substituents is 1. The van der Waals surface area contributed by atoms with Gasteiger partial charge in [-0.25, -0.2) is 0 Å². The third-order valence-corrected chi connectivity index (χ3v) is 4.61. The van der Waals surface area contributed by atoms with Crippen molar-refractivity contribution in [1.82, 2.24) is 15.5 Å². The van der Waals surface area contributed by atoms with Crippen molar-refractivity contribution in [2.24, 2.45) is 0 Å². The molecular formula is C21H23N3O7. The van der Waals surface area contributed by atoms with Gasteiger partial charge in [0.1, 0.15) is 5.76 Å². The lowest BCUT2D eigenvalue weighted by Crippen LogP contribution is -2.27. The molecule has 1 aromatic carbocycles. The molecule has 0 saturated carbocycles. The van der Waals surface area contributed by atoms with Crippen LogP contribution in [0.3, 0.4) is 0 Å². The van der Waals surface area contributed by atoms with E-state index in [9.17, 15) is 19.8 Å². The number of nitrogens with one attached hydrogen (secondary N) is 1. The maximum Gasteiger partial charge on any atom is 0.228 e. The molecule has 0 bridgehead atoms. The Kier molecular flexibility index (Phi) is 6.58. The lowest BCUT2D eigenvalue weighted by molar-refractivity contribution is -0.121. The molecule has 0 aliphatic heterocycles. The largest absolute Gasteiger partial charge is 0.504 e. The van der Waals surface area contributed by atoms with E-state index in [1.54, 1.807) is 19.9 Å². The van der Waals surface area contributed by atoms with E-state index in [1.807, 2.05) is 0 Å². The average molecular weight is 429 g/mol. The Morgan fingerprint density at radius 2 is 2.03 bits per heavy atom. The predicted octanol–water partition coefficient (Wildman–Crippen LogP) is 1.94. The zero-order valence-electron chi connectivity index (χ0n) is 17.3. The number of aromatic nitrogens is 2. The zero-order valence-corrected chi connectivity index (χ0v) is 17.3. The van der Waals surface area contributed by atoms with E-state index in [0.29, 0.717) is 29.5 Å². The number of ether oxygens (including phenoxy) is 1. The highest BCUT2D eigenvalue weighted by Gasteiger charge is 2.26. The number of hydrogen-bond donors (Lipinski definition) is 3. The first kappa shape index (κ1) is 21.9. The van der Waals surface area contributed by atoms with E-state index in [1.165, 1.54) is 25.3 Å². The van der Waals surface area contributed by atoms with Gasteiger partial charge >= 0.3 is 0 Å². The molecule has 31 heavy (non-hydrogen) atoms. The Hall–Kier alpha value is -3.82. The van der Waals surface area contributed by atoms with Crippen LogP contribution in [0.25, 0.3) is 0 Å². The number of methoxy groups -OCH3 is 1. The Morgan fingerprint density at radius 3 is 2.71 bits per heavy atom. The van der Waals surface area contributed by atoms with E-state index >= 15 is 0 Å². The number of aryl methyl sites for hydroxylation is 2. The van der Waals surface area contributed by atoms with Crippen LogP contribution in [-0.4, -0.2) is 39.9 Å². The van der Waals surface area contributed by atoms with Crippen molar-refractivity contribution >= 4 is 5.91 Å².